The summed E-state index contributed by atoms with van der Waals surface area (Å²) in [5.74, 6) is 0.635. The van der Waals surface area contributed by atoms with Gasteiger partial charge in [-0.3, -0.25) is 9.59 Å². The molecule has 0 unspecified atom stereocenters. The van der Waals surface area contributed by atoms with Crippen LogP contribution >= 0.6 is 0 Å². The second kappa shape index (κ2) is 6.86. The van der Waals surface area contributed by atoms with Gasteiger partial charge in [-0.25, -0.2) is 4.68 Å². The van der Waals surface area contributed by atoms with E-state index in [-0.39, 0.29) is 17.9 Å². The maximum Gasteiger partial charge on any atom is 0.227 e. The zero-order valence-corrected chi connectivity index (χ0v) is 14.0. The minimum Gasteiger partial charge on any atom is -0.353 e. The standard InChI is InChI=1S/C18H22N4O2/c1-12-4-3-5-14(8-12)11-22-18(13(2)10-19-22)21-17(24)9-15-6-7-16(23)20-15/h3-5,8,10,15H,6-7,9,11H2,1-2H3,(H,20,23)(H,21,24)/t15-/m1/s1. The number of anilines is 1. The first-order valence-electron chi connectivity index (χ1n) is 8.18. The Labute approximate surface area is 141 Å². The fourth-order valence-electron chi connectivity index (χ4n) is 2.98. The Bertz CT molecular complexity index is 766. The molecule has 2 amide bonds. The van der Waals surface area contributed by atoms with Gasteiger partial charge in [-0.1, -0.05) is 29.8 Å². The Kier molecular flexibility index (Phi) is 4.64. The molecule has 2 N–H and O–H groups in total. The zero-order valence-electron chi connectivity index (χ0n) is 14.0. The number of amides is 2. The number of hydrogen-bond acceptors (Lipinski definition) is 3. The van der Waals surface area contributed by atoms with Crippen LogP contribution in [0.5, 0.6) is 0 Å². The number of benzene rings is 1. The van der Waals surface area contributed by atoms with Gasteiger partial charge in [0.1, 0.15) is 5.82 Å². The molecule has 2 aromatic rings. The summed E-state index contributed by atoms with van der Waals surface area (Å²) in [5.41, 5.74) is 3.25. The molecule has 1 aromatic carbocycles. The molecule has 3 rings (SSSR count). The second-order valence-corrected chi connectivity index (χ2v) is 6.38. The largest absolute Gasteiger partial charge is 0.353 e. The van der Waals surface area contributed by atoms with Crippen molar-refractivity contribution in [3.8, 4) is 0 Å². The van der Waals surface area contributed by atoms with E-state index in [4.69, 9.17) is 0 Å². The molecule has 0 aliphatic carbocycles. The lowest BCUT2D eigenvalue weighted by Gasteiger charge is -2.13. The highest BCUT2D eigenvalue weighted by Gasteiger charge is 2.23. The van der Waals surface area contributed by atoms with Crippen molar-refractivity contribution in [3.05, 3.63) is 47.2 Å². The topological polar surface area (TPSA) is 76.0 Å². The predicted octanol–water partition coefficient (Wildman–Crippen LogP) is 2.16. The van der Waals surface area contributed by atoms with Crippen LogP contribution in [0, 0.1) is 13.8 Å². The lowest BCUT2D eigenvalue weighted by atomic mass is 10.1. The normalized spacial score (nSPS) is 16.9. The molecule has 1 aromatic heterocycles. The minimum absolute atomic E-state index is 0.0217. The maximum absolute atomic E-state index is 12.3. The first kappa shape index (κ1) is 16.2. The van der Waals surface area contributed by atoms with Crippen LogP contribution in [0.4, 0.5) is 5.82 Å². The van der Waals surface area contributed by atoms with Crippen molar-refractivity contribution in [1.29, 1.82) is 0 Å². The van der Waals surface area contributed by atoms with E-state index in [9.17, 15) is 9.59 Å². The summed E-state index contributed by atoms with van der Waals surface area (Å²) in [7, 11) is 0. The molecule has 1 fully saturated rings. The van der Waals surface area contributed by atoms with Crippen molar-refractivity contribution in [2.45, 2.75) is 45.7 Å². The van der Waals surface area contributed by atoms with Gasteiger partial charge in [-0.05, 0) is 25.8 Å². The molecule has 6 heteroatoms. The summed E-state index contributed by atoms with van der Waals surface area (Å²) in [5, 5.41) is 10.1. The van der Waals surface area contributed by atoms with Crippen molar-refractivity contribution in [2.24, 2.45) is 0 Å². The Morgan fingerprint density at radius 1 is 1.42 bits per heavy atom. The number of hydrogen-bond donors (Lipinski definition) is 2. The van der Waals surface area contributed by atoms with E-state index in [1.165, 1.54) is 5.56 Å². The van der Waals surface area contributed by atoms with Gasteiger partial charge in [-0.2, -0.15) is 5.10 Å². The van der Waals surface area contributed by atoms with Crippen molar-refractivity contribution in [1.82, 2.24) is 15.1 Å². The third-order valence-electron chi connectivity index (χ3n) is 4.21. The van der Waals surface area contributed by atoms with Crippen molar-refractivity contribution in [2.75, 3.05) is 5.32 Å². The Balaban J connectivity index is 1.68. The van der Waals surface area contributed by atoms with E-state index < -0.39 is 0 Å². The van der Waals surface area contributed by atoms with Gasteiger partial charge in [-0.15, -0.1) is 0 Å². The molecule has 1 saturated heterocycles. The van der Waals surface area contributed by atoms with Crippen LogP contribution in [-0.2, 0) is 16.1 Å². The Morgan fingerprint density at radius 2 is 2.25 bits per heavy atom. The molecule has 126 valence electrons. The predicted molar refractivity (Wildman–Crippen MR) is 91.7 cm³/mol. The summed E-state index contributed by atoms with van der Waals surface area (Å²) in [6.45, 7) is 4.58. The SMILES string of the molecule is Cc1cccc(Cn2ncc(C)c2NC(=O)C[C@H]2CCC(=O)N2)c1. The van der Waals surface area contributed by atoms with Gasteiger partial charge < -0.3 is 10.6 Å². The molecule has 0 radical (unpaired) electrons. The average Bonchev–Trinajstić information content (AvgIpc) is 3.07. The van der Waals surface area contributed by atoms with Crippen LogP contribution in [-0.4, -0.2) is 27.6 Å². The summed E-state index contributed by atoms with van der Waals surface area (Å²) in [4.78, 5) is 23.5. The Morgan fingerprint density at radius 3 is 2.96 bits per heavy atom. The highest BCUT2D eigenvalue weighted by molar-refractivity contribution is 5.91. The number of carbonyl (C=O) groups is 2. The maximum atomic E-state index is 12.3. The van der Waals surface area contributed by atoms with Gasteiger partial charge in [0.25, 0.3) is 0 Å². The van der Waals surface area contributed by atoms with Crippen LogP contribution in [0.3, 0.4) is 0 Å². The summed E-state index contributed by atoms with van der Waals surface area (Å²) in [6.07, 6.45) is 3.26. The van der Waals surface area contributed by atoms with Crippen LogP contribution in [0.2, 0.25) is 0 Å². The molecule has 24 heavy (non-hydrogen) atoms. The van der Waals surface area contributed by atoms with Crippen LogP contribution in [0.25, 0.3) is 0 Å². The molecule has 1 aliphatic heterocycles. The summed E-state index contributed by atoms with van der Waals surface area (Å²) in [6, 6.07) is 8.16. The molecule has 0 bridgehead atoms. The molecule has 1 atom stereocenters. The summed E-state index contributed by atoms with van der Waals surface area (Å²) < 4.78 is 1.80. The minimum atomic E-state index is -0.101. The van der Waals surface area contributed by atoms with Gasteiger partial charge in [0.05, 0.1) is 12.7 Å². The summed E-state index contributed by atoms with van der Waals surface area (Å²) >= 11 is 0. The van der Waals surface area contributed by atoms with Crippen LogP contribution in [0.1, 0.15) is 36.0 Å². The van der Waals surface area contributed by atoms with Crippen LogP contribution < -0.4 is 10.6 Å². The molecular weight excluding hydrogens is 304 g/mol. The van der Waals surface area contributed by atoms with Gasteiger partial charge >= 0.3 is 0 Å². The van der Waals surface area contributed by atoms with Crippen LogP contribution in [0.15, 0.2) is 30.5 Å². The fraction of sp³-hybridized carbons (Fsp3) is 0.389. The molecular formula is C18H22N4O2. The van der Waals surface area contributed by atoms with Gasteiger partial charge in [0.15, 0.2) is 0 Å². The van der Waals surface area contributed by atoms with Crippen molar-refractivity contribution >= 4 is 17.6 Å². The number of aryl methyl sites for hydroxylation is 2. The quantitative estimate of drug-likeness (QED) is 0.884. The van der Waals surface area contributed by atoms with Gasteiger partial charge in [0, 0.05) is 24.4 Å². The average molecular weight is 326 g/mol. The molecule has 2 heterocycles. The lowest BCUT2D eigenvalue weighted by Crippen LogP contribution is -2.30. The number of rotatable bonds is 5. The molecule has 0 spiro atoms. The molecule has 1 aliphatic rings. The van der Waals surface area contributed by atoms with Crippen molar-refractivity contribution in [3.63, 3.8) is 0 Å². The Hall–Kier alpha value is -2.63. The number of nitrogens with one attached hydrogen (secondary N) is 2. The van der Waals surface area contributed by atoms with E-state index in [0.717, 1.165) is 11.1 Å². The highest BCUT2D eigenvalue weighted by atomic mass is 16.2. The zero-order chi connectivity index (χ0) is 17.1. The fourth-order valence-corrected chi connectivity index (χ4v) is 2.98. The van der Waals surface area contributed by atoms with E-state index in [1.54, 1.807) is 10.9 Å². The first-order chi connectivity index (χ1) is 11.5. The van der Waals surface area contributed by atoms with E-state index in [1.807, 2.05) is 19.1 Å². The lowest BCUT2D eigenvalue weighted by molar-refractivity contribution is -0.119. The third-order valence-corrected chi connectivity index (χ3v) is 4.21. The molecule has 0 saturated carbocycles. The van der Waals surface area contributed by atoms with E-state index in [2.05, 4.69) is 34.8 Å². The highest BCUT2D eigenvalue weighted by Crippen LogP contribution is 2.18. The smallest absolute Gasteiger partial charge is 0.227 e. The third kappa shape index (κ3) is 3.82. The van der Waals surface area contributed by atoms with Crippen molar-refractivity contribution < 1.29 is 9.59 Å². The number of carbonyl (C=O) groups excluding carboxylic acids is 2. The van der Waals surface area contributed by atoms with E-state index in [0.29, 0.717) is 31.6 Å². The number of aromatic nitrogens is 2. The number of nitrogens with zero attached hydrogens (tertiary/aromatic N) is 2. The second-order valence-electron chi connectivity index (χ2n) is 6.38. The molecule has 6 nitrogen and oxygen atoms in total. The van der Waals surface area contributed by atoms with Gasteiger partial charge in [0.2, 0.25) is 11.8 Å². The van der Waals surface area contributed by atoms with E-state index >= 15 is 0 Å². The first-order valence-corrected chi connectivity index (χ1v) is 8.18. The monoisotopic (exact) mass is 326 g/mol.